The third-order valence-corrected chi connectivity index (χ3v) is 2.95. The average molecular weight is 278 g/mol. The van der Waals surface area contributed by atoms with Crippen LogP contribution in [0.2, 0.25) is 0 Å². The van der Waals surface area contributed by atoms with Gasteiger partial charge in [-0.25, -0.2) is 4.21 Å². The van der Waals surface area contributed by atoms with Crippen LogP contribution >= 0.6 is 22.9 Å². The lowest BCUT2D eigenvalue weighted by atomic mass is 10.4. The van der Waals surface area contributed by atoms with E-state index in [1.54, 1.807) is 0 Å². The molecule has 1 unspecified atom stereocenters. The third kappa shape index (κ3) is 5.54. The molecule has 0 bridgehead atoms. The minimum Gasteiger partial charge on any atom is -0.320 e. The van der Waals surface area contributed by atoms with Gasteiger partial charge in [-0.1, -0.05) is 0 Å². The van der Waals surface area contributed by atoms with Crippen LogP contribution in [0.5, 0.6) is 0 Å². The average Bonchev–Trinajstić information content (AvgIpc) is 1.88. The van der Waals surface area contributed by atoms with Crippen LogP contribution in [-0.4, -0.2) is 31.4 Å². The van der Waals surface area contributed by atoms with E-state index in [0.717, 1.165) is 13.0 Å². The van der Waals surface area contributed by atoms with Crippen LogP contribution in [0.15, 0.2) is 0 Å². The minimum atomic E-state index is -1.82. The molecule has 0 amide bonds. The van der Waals surface area contributed by atoms with Gasteiger partial charge in [-0.3, -0.25) is 4.55 Å². The van der Waals surface area contributed by atoms with E-state index in [-0.39, 0.29) is 0 Å². The van der Waals surface area contributed by atoms with Crippen molar-refractivity contribution in [1.29, 1.82) is 0 Å². The van der Waals surface area contributed by atoms with Crippen molar-refractivity contribution in [1.82, 2.24) is 7.84 Å². The second kappa shape index (κ2) is 6.47. The summed E-state index contributed by atoms with van der Waals surface area (Å²) in [5, 5.41) is 2.95. The fourth-order valence-corrected chi connectivity index (χ4v) is 1.08. The van der Waals surface area contributed by atoms with Crippen LogP contribution in [0, 0.1) is 0 Å². The molecule has 0 aromatic heterocycles. The van der Waals surface area contributed by atoms with Crippen molar-refractivity contribution < 1.29 is 8.76 Å². The lowest BCUT2D eigenvalue weighted by Crippen LogP contribution is -2.19. The molecule has 2 N–H and O–H groups in total. The molecule has 0 fully saturated rings. The molecular formula is C4H11IN2O2S. The van der Waals surface area contributed by atoms with E-state index in [0.29, 0.717) is 6.54 Å². The second-order valence-electron chi connectivity index (χ2n) is 1.73. The zero-order chi connectivity index (χ0) is 7.98. The van der Waals surface area contributed by atoms with Gasteiger partial charge in [0.15, 0.2) is 0 Å². The summed E-state index contributed by atoms with van der Waals surface area (Å²) in [5.41, 5.74) is 0. The van der Waals surface area contributed by atoms with Gasteiger partial charge in [-0.2, -0.15) is 0 Å². The second-order valence-corrected chi connectivity index (χ2v) is 4.45. The maximum Gasteiger partial charge on any atom is 0.243 e. The largest absolute Gasteiger partial charge is 0.320 e. The topological polar surface area (TPSA) is 52.6 Å². The molecule has 0 aromatic rings. The maximum atomic E-state index is 10.3. The lowest BCUT2D eigenvalue weighted by molar-refractivity contribution is 0.514. The number of nitrogens with one attached hydrogen (secondary N) is 1. The molecule has 0 aliphatic carbocycles. The van der Waals surface area contributed by atoms with Crippen LogP contribution in [0.25, 0.3) is 0 Å². The van der Waals surface area contributed by atoms with Gasteiger partial charge in [0.25, 0.3) is 0 Å². The van der Waals surface area contributed by atoms with Crippen molar-refractivity contribution in [3.05, 3.63) is 0 Å². The van der Waals surface area contributed by atoms with Gasteiger partial charge in [0, 0.05) is 29.4 Å². The number of nitrogens with zero attached hydrogens (tertiary/aromatic N) is 1. The summed E-state index contributed by atoms with van der Waals surface area (Å²) in [6, 6.07) is 0. The summed E-state index contributed by atoms with van der Waals surface area (Å²) in [5.74, 6) is 0. The molecule has 0 rings (SSSR count). The van der Waals surface area contributed by atoms with Crippen LogP contribution in [0.4, 0.5) is 0 Å². The van der Waals surface area contributed by atoms with Gasteiger partial charge in [0.1, 0.15) is 0 Å². The number of hydrogen-bond acceptors (Lipinski definition) is 2. The molecule has 0 saturated carbocycles. The predicted octanol–water partition coefficient (Wildman–Crippen LogP) is 0.385. The summed E-state index contributed by atoms with van der Waals surface area (Å²) in [7, 11) is 1.85. The van der Waals surface area contributed by atoms with Crippen LogP contribution < -0.4 is 5.32 Å². The van der Waals surface area contributed by atoms with E-state index in [1.807, 2.05) is 29.9 Å². The molecule has 0 saturated heterocycles. The molecule has 62 valence electrons. The summed E-state index contributed by atoms with van der Waals surface area (Å²) < 4.78 is 20.1. The molecule has 0 spiro atoms. The Morgan fingerprint density at radius 2 is 2.40 bits per heavy atom. The molecular weight excluding hydrogens is 267 g/mol. The fourth-order valence-electron chi connectivity index (χ4n) is 0.458. The highest BCUT2D eigenvalue weighted by molar-refractivity contribution is 14.1. The van der Waals surface area contributed by atoms with Crippen molar-refractivity contribution in [3.63, 3.8) is 0 Å². The zero-order valence-electron chi connectivity index (χ0n) is 5.71. The van der Waals surface area contributed by atoms with Crippen molar-refractivity contribution in [3.8, 4) is 0 Å². The molecule has 0 heterocycles. The molecule has 4 nitrogen and oxygen atoms in total. The van der Waals surface area contributed by atoms with Crippen molar-refractivity contribution in [2.45, 2.75) is 6.42 Å². The Morgan fingerprint density at radius 3 is 2.80 bits per heavy atom. The van der Waals surface area contributed by atoms with E-state index in [2.05, 4.69) is 5.32 Å². The van der Waals surface area contributed by atoms with Crippen molar-refractivity contribution in [2.24, 2.45) is 0 Å². The SMILES string of the molecule is CNCCCN(I)S(=O)O. The lowest BCUT2D eigenvalue weighted by Gasteiger charge is -2.07. The zero-order valence-corrected chi connectivity index (χ0v) is 8.68. The first-order valence-electron chi connectivity index (χ1n) is 2.87. The summed E-state index contributed by atoms with van der Waals surface area (Å²) in [4.78, 5) is 0. The Balaban J connectivity index is 3.21. The fraction of sp³-hybridized carbons (Fsp3) is 1.00. The molecule has 6 heteroatoms. The Kier molecular flexibility index (Phi) is 6.96. The molecule has 10 heavy (non-hydrogen) atoms. The van der Waals surface area contributed by atoms with Crippen LogP contribution in [-0.2, 0) is 11.3 Å². The highest BCUT2D eigenvalue weighted by atomic mass is 127. The summed E-state index contributed by atoms with van der Waals surface area (Å²) in [6.45, 7) is 1.50. The minimum absolute atomic E-state index is 0.629. The molecule has 1 atom stereocenters. The molecule has 0 aromatic carbocycles. The van der Waals surface area contributed by atoms with Crippen LogP contribution in [0.3, 0.4) is 0 Å². The number of halogens is 1. The van der Waals surface area contributed by atoms with Crippen molar-refractivity contribution >= 4 is 34.1 Å². The van der Waals surface area contributed by atoms with Crippen LogP contribution in [0.1, 0.15) is 6.42 Å². The van der Waals surface area contributed by atoms with Gasteiger partial charge < -0.3 is 5.32 Å². The predicted molar refractivity (Wildman–Crippen MR) is 50.0 cm³/mol. The molecule has 0 radical (unpaired) electrons. The Morgan fingerprint density at radius 1 is 1.80 bits per heavy atom. The molecule has 0 aliphatic heterocycles. The highest BCUT2D eigenvalue weighted by Crippen LogP contribution is 2.01. The number of hydrogen-bond donors (Lipinski definition) is 2. The monoisotopic (exact) mass is 278 g/mol. The molecule has 0 aliphatic rings. The standard InChI is InChI=1S/C4H11IN2O2S/c1-6-3-2-4-7(5)10(8)9/h6H,2-4H2,1H3,(H,8,9). The Hall–Kier alpha value is 0.760. The third-order valence-electron chi connectivity index (χ3n) is 0.930. The number of rotatable bonds is 5. The van der Waals surface area contributed by atoms with E-state index >= 15 is 0 Å². The highest BCUT2D eigenvalue weighted by Gasteiger charge is 2.03. The van der Waals surface area contributed by atoms with Gasteiger partial charge in [-0.15, -0.1) is 2.52 Å². The Bertz CT molecular complexity index is 113. The summed E-state index contributed by atoms with van der Waals surface area (Å²) >= 11 is 0.00502. The Labute approximate surface area is 77.3 Å². The smallest absolute Gasteiger partial charge is 0.243 e. The van der Waals surface area contributed by atoms with E-state index < -0.39 is 11.3 Å². The van der Waals surface area contributed by atoms with Gasteiger partial charge in [-0.05, 0) is 20.0 Å². The van der Waals surface area contributed by atoms with E-state index in [1.165, 1.54) is 2.52 Å². The quantitative estimate of drug-likeness (QED) is 0.331. The van der Waals surface area contributed by atoms with E-state index in [4.69, 9.17) is 4.55 Å². The summed E-state index contributed by atoms with van der Waals surface area (Å²) in [6.07, 6.45) is 0.881. The van der Waals surface area contributed by atoms with Gasteiger partial charge in [0.05, 0.1) is 0 Å². The first-order valence-corrected chi connectivity index (χ1v) is 4.90. The van der Waals surface area contributed by atoms with Gasteiger partial charge >= 0.3 is 0 Å². The van der Waals surface area contributed by atoms with Gasteiger partial charge in [0.2, 0.25) is 11.3 Å². The van der Waals surface area contributed by atoms with Crippen molar-refractivity contribution in [2.75, 3.05) is 20.1 Å². The normalized spacial score (nSPS) is 14.0. The maximum absolute atomic E-state index is 10.3. The first-order chi connectivity index (χ1) is 4.68. The van der Waals surface area contributed by atoms with E-state index in [9.17, 15) is 4.21 Å². The first kappa shape index (κ1) is 10.8.